The highest BCUT2D eigenvalue weighted by molar-refractivity contribution is 6.08. The monoisotopic (exact) mass is 283 g/mol. The second-order valence-corrected chi connectivity index (χ2v) is 4.77. The van der Waals surface area contributed by atoms with Crippen molar-refractivity contribution >= 4 is 5.78 Å². The van der Waals surface area contributed by atoms with E-state index in [1.54, 1.807) is 0 Å². The van der Waals surface area contributed by atoms with Gasteiger partial charge in [0.25, 0.3) is 0 Å². The Balaban J connectivity index is 2.29. The summed E-state index contributed by atoms with van der Waals surface area (Å²) < 4.78 is 0. The maximum Gasteiger partial charge on any atom is 0.193 e. The fraction of sp³-hybridized carbons (Fsp3) is 0.235. The van der Waals surface area contributed by atoms with Crippen molar-refractivity contribution in [3.8, 4) is 0 Å². The van der Waals surface area contributed by atoms with E-state index in [4.69, 9.17) is 0 Å². The van der Waals surface area contributed by atoms with Gasteiger partial charge in [0, 0.05) is 16.7 Å². The molecule has 0 aliphatic carbocycles. The van der Waals surface area contributed by atoms with Crippen LogP contribution in [-0.4, -0.2) is 26.9 Å². The van der Waals surface area contributed by atoms with Crippen LogP contribution in [0.2, 0.25) is 0 Å². The minimum Gasteiger partial charge on any atom is -0.289 e. The fourth-order valence-electron chi connectivity index (χ4n) is 2.44. The molecule has 4 nitrogen and oxygen atoms in total. The Morgan fingerprint density at radius 3 is 1.71 bits per heavy atom. The molecule has 0 saturated carbocycles. The van der Waals surface area contributed by atoms with E-state index >= 15 is 0 Å². The SMILES string of the molecule is CNC(NC)(NC)c1ccc(C(=O)c2ccccc2)cc1. The molecule has 110 valence electrons. The number of carbonyl (C=O) groups is 1. The van der Waals surface area contributed by atoms with Gasteiger partial charge >= 0.3 is 0 Å². The van der Waals surface area contributed by atoms with E-state index in [0.29, 0.717) is 11.1 Å². The molecule has 0 atom stereocenters. The van der Waals surface area contributed by atoms with Crippen LogP contribution < -0.4 is 16.0 Å². The highest BCUT2D eigenvalue weighted by atomic mass is 16.1. The first-order valence-corrected chi connectivity index (χ1v) is 6.94. The van der Waals surface area contributed by atoms with Crippen molar-refractivity contribution in [3.05, 3.63) is 71.3 Å². The van der Waals surface area contributed by atoms with E-state index in [1.165, 1.54) is 0 Å². The van der Waals surface area contributed by atoms with Gasteiger partial charge in [-0.1, -0.05) is 54.6 Å². The maximum atomic E-state index is 12.4. The summed E-state index contributed by atoms with van der Waals surface area (Å²) in [4.78, 5) is 12.4. The molecule has 3 N–H and O–H groups in total. The van der Waals surface area contributed by atoms with Gasteiger partial charge in [0.1, 0.15) is 5.79 Å². The quantitative estimate of drug-likeness (QED) is 0.558. The van der Waals surface area contributed by atoms with Crippen molar-refractivity contribution in [2.75, 3.05) is 21.1 Å². The van der Waals surface area contributed by atoms with Crippen LogP contribution in [0.5, 0.6) is 0 Å². The van der Waals surface area contributed by atoms with Gasteiger partial charge in [-0.15, -0.1) is 0 Å². The molecule has 0 saturated heterocycles. The third-order valence-electron chi connectivity index (χ3n) is 3.74. The molecular formula is C17H21N3O. The first-order valence-electron chi connectivity index (χ1n) is 6.94. The molecule has 0 fully saturated rings. The van der Waals surface area contributed by atoms with Gasteiger partial charge in [-0.25, -0.2) is 0 Å². The standard InChI is InChI=1S/C17H21N3O/c1-18-17(19-2,20-3)15-11-9-14(10-12-15)16(21)13-7-5-4-6-8-13/h4-12,18-20H,1-3H3. The van der Waals surface area contributed by atoms with E-state index in [0.717, 1.165) is 5.56 Å². The van der Waals surface area contributed by atoms with Crippen LogP contribution >= 0.6 is 0 Å². The lowest BCUT2D eigenvalue weighted by atomic mass is 10.00. The van der Waals surface area contributed by atoms with Crippen LogP contribution in [0.1, 0.15) is 21.5 Å². The van der Waals surface area contributed by atoms with Crippen LogP contribution in [0.25, 0.3) is 0 Å². The summed E-state index contributed by atoms with van der Waals surface area (Å²) in [7, 11) is 5.61. The van der Waals surface area contributed by atoms with Crippen molar-refractivity contribution in [3.63, 3.8) is 0 Å². The lowest BCUT2D eigenvalue weighted by Gasteiger charge is -2.33. The normalized spacial score (nSPS) is 11.4. The molecule has 0 spiro atoms. The summed E-state index contributed by atoms with van der Waals surface area (Å²) in [6, 6.07) is 16.9. The Kier molecular flexibility index (Phi) is 4.85. The lowest BCUT2D eigenvalue weighted by molar-refractivity contribution is 0.103. The summed E-state index contributed by atoms with van der Waals surface area (Å²) in [5.41, 5.74) is 2.40. The fourth-order valence-corrected chi connectivity index (χ4v) is 2.44. The summed E-state index contributed by atoms with van der Waals surface area (Å²) in [6.45, 7) is 0. The molecule has 0 bridgehead atoms. The minimum absolute atomic E-state index is 0.0334. The Morgan fingerprint density at radius 2 is 1.24 bits per heavy atom. The molecule has 2 aromatic carbocycles. The van der Waals surface area contributed by atoms with Gasteiger partial charge in [0.2, 0.25) is 0 Å². The van der Waals surface area contributed by atoms with Crippen LogP contribution in [0.15, 0.2) is 54.6 Å². The zero-order valence-corrected chi connectivity index (χ0v) is 12.6. The molecule has 21 heavy (non-hydrogen) atoms. The molecule has 0 heterocycles. The van der Waals surface area contributed by atoms with E-state index in [-0.39, 0.29) is 5.78 Å². The minimum atomic E-state index is -0.506. The van der Waals surface area contributed by atoms with Crippen molar-refractivity contribution in [1.29, 1.82) is 0 Å². The molecule has 2 rings (SSSR count). The van der Waals surface area contributed by atoms with Gasteiger partial charge in [-0.05, 0) is 21.1 Å². The summed E-state index contributed by atoms with van der Waals surface area (Å²) in [6.07, 6.45) is 0. The first kappa shape index (κ1) is 15.4. The highest BCUT2D eigenvalue weighted by Gasteiger charge is 2.26. The zero-order valence-electron chi connectivity index (χ0n) is 12.6. The first-order chi connectivity index (χ1) is 10.2. The van der Waals surface area contributed by atoms with Gasteiger partial charge in [0.15, 0.2) is 5.78 Å². The van der Waals surface area contributed by atoms with Gasteiger partial charge < -0.3 is 0 Å². The number of hydrogen-bond donors (Lipinski definition) is 3. The number of ketones is 1. The Bertz CT molecular complexity index is 581. The van der Waals surface area contributed by atoms with Crippen LogP contribution in [0.3, 0.4) is 0 Å². The second-order valence-electron chi connectivity index (χ2n) is 4.77. The molecular weight excluding hydrogens is 262 g/mol. The van der Waals surface area contributed by atoms with Crippen molar-refractivity contribution < 1.29 is 4.79 Å². The van der Waals surface area contributed by atoms with E-state index in [1.807, 2.05) is 75.7 Å². The van der Waals surface area contributed by atoms with Gasteiger partial charge in [0.05, 0.1) is 0 Å². The third kappa shape index (κ3) is 3.03. The molecule has 2 aromatic rings. The maximum absolute atomic E-state index is 12.4. The largest absolute Gasteiger partial charge is 0.289 e. The second kappa shape index (κ2) is 6.63. The molecule has 4 heteroatoms. The van der Waals surface area contributed by atoms with Crippen LogP contribution in [-0.2, 0) is 5.79 Å². The summed E-state index contributed by atoms with van der Waals surface area (Å²) in [5.74, 6) is -0.472. The Hall–Kier alpha value is -2.01. The molecule has 0 aliphatic rings. The van der Waals surface area contributed by atoms with Gasteiger partial charge in [-0.2, -0.15) is 0 Å². The number of rotatable bonds is 6. The van der Waals surface area contributed by atoms with E-state index in [2.05, 4.69) is 16.0 Å². The molecule has 0 amide bonds. The Morgan fingerprint density at radius 1 is 0.762 bits per heavy atom. The summed E-state index contributed by atoms with van der Waals surface area (Å²) in [5, 5.41) is 9.61. The highest BCUT2D eigenvalue weighted by Crippen LogP contribution is 2.17. The lowest BCUT2D eigenvalue weighted by Crippen LogP contribution is -2.60. The molecule has 0 radical (unpaired) electrons. The molecule has 0 aliphatic heterocycles. The number of benzene rings is 2. The van der Waals surface area contributed by atoms with Crippen molar-refractivity contribution in [2.24, 2.45) is 0 Å². The molecule has 0 aromatic heterocycles. The number of hydrogen-bond acceptors (Lipinski definition) is 4. The average Bonchev–Trinajstić information content (AvgIpc) is 2.58. The zero-order chi connectivity index (χ0) is 15.3. The average molecular weight is 283 g/mol. The van der Waals surface area contributed by atoms with Crippen molar-refractivity contribution in [1.82, 2.24) is 16.0 Å². The van der Waals surface area contributed by atoms with Crippen molar-refractivity contribution in [2.45, 2.75) is 5.79 Å². The predicted molar refractivity (Wildman–Crippen MR) is 85.2 cm³/mol. The third-order valence-corrected chi connectivity index (χ3v) is 3.74. The predicted octanol–water partition coefficient (Wildman–Crippen LogP) is 1.69. The number of carbonyl (C=O) groups excluding carboxylic acids is 1. The van der Waals surface area contributed by atoms with Crippen LogP contribution in [0.4, 0.5) is 0 Å². The Labute approximate surface area is 125 Å². The summed E-state index contributed by atoms with van der Waals surface area (Å²) >= 11 is 0. The van der Waals surface area contributed by atoms with Crippen LogP contribution in [0, 0.1) is 0 Å². The smallest absolute Gasteiger partial charge is 0.193 e. The van der Waals surface area contributed by atoms with Gasteiger partial charge in [-0.3, -0.25) is 20.7 Å². The number of nitrogens with one attached hydrogen (secondary N) is 3. The van der Waals surface area contributed by atoms with E-state index < -0.39 is 5.79 Å². The van der Waals surface area contributed by atoms with E-state index in [9.17, 15) is 4.79 Å². The molecule has 0 unspecified atom stereocenters. The topological polar surface area (TPSA) is 53.2 Å².